The first-order chi connectivity index (χ1) is 9.65. The van der Waals surface area contributed by atoms with Gasteiger partial charge < -0.3 is 20.9 Å². The molecule has 8 nitrogen and oxygen atoms in total. The topological polar surface area (TPSA) is 114 Å². The second-order valence-corrected chi connectivity index (χ2v) is 4.34. The van der Waals surface area contributed by atoms with Gasteiger partial charge >= 0.3 is 0 Å². The maximum Gasteiger partial charge on any atom is 0.184 e. The highest BCUT2D eigenvalue weighted by molar-refractivity contribution is 5.74. The largest absolute Gasteiger partial charge is 0.399 e. The van der Waals surface area contributed by atoms with Gasteiger partial charge in [-0.1, -0.05) is 0 Å². The van der Waals surface area contributed by atoms with Crippen LogP contribution in [0.4, 0.5) is 11.4 Å². The van der Waals surface area contributed by atoms with Crippen molar-refractivity contribution < 1.29 is 9.47 Å². The van der Waals surface area contributed by atoms with Crippen molar-refractivity contribution in [2.45, 2.75) is 12.6 Å². The Hall–Kier alpha value is -2.19. The van der Waals surface area contributed by atoms with Crippen molar-refractivity contribution in [3.8, 4) is 11.4 Å². The summed E-state index contributed by atoms with van der Waals surface area (Å²) in [6.07, 6.45) is -0.141. The van der Waals surface area contributed by atoms with E-state index in [9.17, 15) is 0 Å². The van der Waals surface area contributed by atoms with Crippen LogP contribution in [0.1, 0.15) is 0 Å². The van der Waals surface area contributed by atoms with E-state index in [2.05, 4.69) is 15.5 Å². The molecule has 1 aromatic heterocycles. The van der Waals surface area contributed by atoms with Crippen molar-refractivity contribution in [2.75, 3.05) is 32.3 Å². The van der Waals surface area contributed by atoms with Crippen LogP contribution in [-0.2, 0) is 16.0 Å². The summed E-state index contributed by atoms with van der Waals surface area (Å²) in [6, 6.07) is 5.23. The van der Waals surface area contributed by atoms with Crippen LogP contribution < -0.4 is 11.5 Å². The summed E-state index contributed by atoms with van der Waals surface area (Å²) in [5, 5.41) is 11.7. The fraction of sp³-hybridized carbons (Fsp3) is 0.417. The van der Waals surface area contributed by atoms with Crippen LogP contribution in [0.2, 0.25) is 0 Å². The van der Waals surface area contributed by atoms with E-state index in [1.807, 2.05) is 0 Å². The first-order valence-electron chi connectivity index (χ1n) is 6.09. The van der Waals surface area contributed by atoms with Crippen LogP contribution in [0.5, 0.6) is 0 Å². The number of hydrogen-bond acceptors (Lipinski definition) is 7. The number of ether oxygens (including phenoxy) is 2. The smallest absolute Gasteiger partial charge is 0.184 e. The quantitative estimate of drug-likeness (QED) is 0.723. The lowest BCUT2D eigenvalue weighted by atomic mass is 10.1. The number of nitrogens with two attached hydrogens (primary N) is 2. The number of hydrogen-bond donors (Lipinski definition) is 2. The number of aromatic nitrogens is 4. The number of anilines is 2. The first-order valence-corrected chi connectivity index (χ1v) is 6.09. The van der Waals surface area contributed by atoms with Crippen LogP contribution in [-0.4, -0.2) is 47.1 Å². The molecule has 0 saturated heterocycles. The average molecular weight is 278 g/mol. The van der Waals surface area contributed by atoms with Crippen molar-refractivity contribution in [3.63, 3.8) is 0 Å². The number of tetrazole rings is 1. The Bertz CT molecular complexity index is 571. The van der Waals surface area contributed by atoms with Gasteiger partial charge in [0.2, 0.25) is 0 Å². The standard InChI is InChI=1S/C12H18N6O2/c1-19-7-9(20-2)6-18-12(15-16-17-18)10-4-3-8(13)5-11(10)14/h3-5,9H,6-7,13-14H2,1-2H3. The van der Waals surface area contributed by atoms with Gasteiger partial charge in [0.15, 0.2) is 5.82 Å². The number of nitrogen functional groups attached to an aromatic ring is 2. The number of nitrogens with zero attached hydrogens (tertiary/aromatic N) is 4. The summed E-state index contributed by atoms with van der Waals surface area (Å²) in [7, 11) is 3.23. The van der Waals surface area contributed by atoms with Gasteiger partial charge in [-0.2, -0.15) is 0 Å². The Kier molecular flexibility index (Phi) is 4.49. The van der Waals surface area contributed by atoms with Gasteiger partial charge in [-0.05, 0) is 28.6 Å². The van der Waals surface area contributed by atoms with Crippen LogP contribution in [0.25, 0.3) is 11.4 Å². The molecule has 8 heteroatoms. The summed E-state index contributed by atoms with van der Waals surface area (Å²) in [5.41, 5.74) is 13.5. The lowest BCUT2D eigenvalue weighted by Crippen LogP contribution is -2.25. The summed E-state index contributed by atoms with van der Waals surface area (Å²) in [4.78, 5) is 0. The molecule has 2 rings (SSSR count). The Morgan fingerprint density at radius 3 is 2.75 bits per heavy atom. The number of methoxy groups -OCH3 is 2. The molecule has 1 aromatic carbocycles. The maximum atomic E-state index is 5.96. The van der Waals surface area contributed by atoms with Crippen LogP contribution in [0.15, 0.2) is 18.2 Å². The van der Waals surface area contributed by atoms with Crippen molar-refractivity contribution >= 4 is 11.4 Å². The normalized spacial score (nSPS) is 12.5. The zero-order valence-electron chi connectivity index (χ0n) is 11.5. The Balaban J connectivity index is 2.28. The van der Waals surface area contributed by atoms with Gasteiger partial charge in [-0.3, -0.25) is 0 Å². The van der Waals surface area contributed by atoms with Gasteiger partial charge in [-0.25, -0.2) is 4.68 Å². The molecule has 1 unspecified atom stereocenters. The van der Waals surface area contributed by atoms with E-state index in [0.717, 1.165) is 5.56 Å². The lowest BCUT2D eigenvalue weighted by molar-refractivity contribution is 0.0163. The van der Waals surface area contributed by atoms with Crippen molar-refractivity contribution in [1.29, 1.82) is 0 Å². The van der Waals surface area contributed by atoms with Gasteiger partial charge in [0, 0.05) is 31.2 Å². The van der Waals surface area contributed by atoms with Gasteiger partial charge in [0.05, 0.1) is 13.2 Å². The Morgan fingerprint density at radius 1 is 1.30 bits per heavy atom. The average Bonchev–Trinajstić information content (AvgIpc) is 2.86. The summed E-state index contributed by atoms with van der Waals surface area (Å²) in [5.74, 6) is 0.570. The molecule has 0 amide bonds. The molecule has 1 heterocycles. The van der Waals surface area contributed by atoms with Gasteiger partial charge in [0.25, 0.3) is 0 Å². The van der Waals surface area contributed by atoms with Gasteiger partial charge in [0.1, 0.15) is 6.10 Å². The molecule has 0 fully saturated rings. The maximum absolute atomic E-state index is 5.96. The second-order valence-electron chi connectivity index (χ2n) is 4.34. The zero-order chi connectivity index (χ0) is 14.5. The second kappa shape index (κ2) is 6.31. The zero-order valence-corrected chi connectivity index (χ0v) is 11.5. The van der Waals surface area contributed by atoms with E-state index in [0.29, 0.717) is 30.4 Å². The molecule has 0 aliphatic rings. The van der Waals surface area contributed by atoms with Crippen LogP contribution in [0, 0.1) is 0 Å². The molecular weight excluding hydrogens is 260 g/mol. The third kappa shape index (κ3) is 3.03. The van der Waals surface area contributed by atoms with E-state index >= 15 is 0 Å². The van der Waals surface area contributed by atoms with E-state index < -0.39 is 0 Å². The van der Waals surface area contributed by atoms with E-state index in [4.69, 9.17) is 20.9 Å². The fourth-order valence-electron chi connectivity index (χ4n) is 1.88. The van der Waals surface area contributed by atoms with Crippen LogP contribution >= 0.6 is 0 Å². The van der Waals surface area contributed by atoms with Crippen LogP contribution in [0.3, 0.4) is 0 Å². The van der Waals surface area contributed by atoms with Crippen molar-refractivity contribution in [3.05, 3.63) is 18.2 Å². The van der Waals surface area contributed by atoms with E-state index in [-0.39, 0.29) is 6.10 Å². The fourth-order valence-corrected chi connectivity index (χ4v) is 1.88. The molecule has 0 spiro atoms. The van der Waals surface area contributed by atoms with E-state index in [1.54, 1.807) is 37.1 Å². The minimum atomic E-state index is -0.141. The molecule has 2 aromatic rings. The third-order valence-corrected chi connectivity index (χ3v) is 2.91. The summed E-state index contributed by atoms with van der Waals surface area (Å²) >= 11 is 0. The summed E-state index contributed by atoms with van der Waals surface area (Å²) in [6.45, 7) is 0.920. The minimum absolute atomic E-state index is 0.141. The number of benzene rings is 1. The summed E-state index contributed by atoms with van der Waals surface area (Å²) < 4.78 is 12.0. The predicted octanol–water partition coefficient (Wildman–Crippen LogP) is 0.166. The molecule has 0 aliphatic heterocycles. The monoisotopic (exact) mass is 278 g/mol. The molecule has 1 atom stereocenters. The molecular formula is C12H18N6O2. The molecule has 0 radical (unpaired) electrons. The SMILES string of the molecule is COCC(Cn1nnnc1-c1ccc(N)cc1N)OC. The predicted molar refractivity (Wildman–Crippen MR) is 74.8 cm³/mol. The van der Waals surface area contributed by atoms with Crippen molar-refractivity contribution in [1.82, 2.24) is 20.2 Å². The first kappa shape index (κ1) is 14.2. The van der Waals surface area contributed by atoms with Crippen molar-refractivity contribution in [2.24, 2.45) is 0 Å². The lowest BCUT2D eigenvalue weighted by Gasteiger charge is -2.15. The highest BCUT2D eigenvalue weighted by atomic mass is 16.5. The number of rotatable bonds is 6. The molecule has 20 heavy (non-hydrogen) atoms. The molecule has 108 valence electrons. The van der Waals surface area contributed by atoms with E-state index in [1.165, 1.54) is 0 Å². The molecule has 4 N–H and O–H groups in total. The Labute approximate surface area is 116 Å². The van der Waals surface area contributed by atoms with Gasteiger partial charge in [-0.15, -0.1) is 5.10 Å². The molecule has 0 saturated carbocycles. The molecule has 0 aliphatic carbocycles. The molecule has 0 bridgehead atoms. The highest BCUT2D eigenvalue weighted by Crippen LogP contribution is 2.25. The Morgan fingerprint density at radius 2 is 2.10 bits per heavy atom. The third-order valence-electron chi connectivity index (χ3n) is 2.91. The minimum Gasteiger partial charge on any atom is -0.399 e. The highest BCUT2D eigenvalue weighted by Gasteiger charge is 2.16.